The van der Waals surface area contributed by atoms with Gasteiger partial charge in [0.2, 0.25) is 0 Å². The highest BCUT2D eigenvalue weighted by Crippen LogP contribution is 2.35. The Balaban J connectivity index is 1.87. The molecular weight excluding hydrogens is 308 g/mol. The van der Waals surface area contributed by atoms with E-state index in [1.165, 1.54) is 0 Å². The molecule has 2 heterocycles. The number of hydrogen-bond donors (Lipinski definition) is 2. The third kappa shape index (κ3) is 2.73. The van der Waals surface area contributed by atoms with Crippen LogP contribution in [0.25, 0.3) is 22.0 Å². The van der Waals surface area contributed by atoms with E-state index in [1.807, 2.05) is 61.7 Å². The maximum absolute atomic E-state index is 9.56. The largest absolute Gasteiger partial charge is 0.361 e. The summed E-state index contributed by atoms with van der Waals surface area (Å²) in [6.45, 7) is 1.96. The fourth-order valence-electron chi connectivity index (χ4n) is 3.05. The Hall–Kier alpha value is -3.58. The second kappa shape index (κ2) is 6.14. The van der Waals surface area contributed by atoms with Gasteiger partial charge in [-0.05, 0) is 36.8 Å². The highest BCUT2D eigenvalue weighted by atomic mass is 14.9. The molecule has 0 unspecified atom stereocenters. The second-order valence-corrected chi connectivity index (χ2v) is 5.89. The highest BCUT2D eigenvalue weighted by molar-refractivity contribution is 5.89. The summed E-state index contributed by atoms with van der Waals surface area (Å²) in [7, 11) is 0. The molecule has 0 fully saturated rings. The summed E-state index contributed by atoms with van der Waals surface area (Å²) < 4.78 is 0. The highest BCUT2D eigenvalue weighted by Gasteiger charge is 2.15. The predicted molar refractivity (Wildman–Crippen MR) is 101 cm³/mol. The fraction of sp³-hybridized carbons (Fsp3) is 0.0476. The van der Waals surface area contributed by atoms with E-state index < -0.39 is 0 Å². The number of H-pyrrole nitrogens is 1. The van der Waals surface area contributed by atoms with Crippen LogP contribution in [0.2, 0.25) is 0 Å². The topological polar surface area (TPSA) is 64.5 Å². The van der Waals surface area contributed by atoms with Crippen molar-refractivity contribution in [3.8, 4) is 17.2 Å². The molecular formula is C21H16N4. The van der Waals surface area contributed by atoms with Crippen LogP contribution in [0.1, 0.15) is 11.3 Å². The van der Waals surface area contributed by atoms with Crippen molar-refractivity contribution in [1.29, 1.82) is 5.26 Å². The molecule has 0 bridgehead atoms. The van der Waals surface area contributed by atoms with Crippen LogP contribution in [-0.4, -0.2) is 9.97 Å². The van der Waals surface area contributed by atoms with Gasteiger partial charge in [0.25, 0.3) is 0 Å². The van der Waals surface area contributed by atoms with E-state index >= 15 is 0 Å². The van der Waals surface area contributed by atoms with Crippen molar-refractivity contribution in [3.05, 3.63) is 78.2 Å². The van der Waals surface area contributed by atoms with Gasteiger partial charge in [0, 0.05) is 40.2 Å². The molecule has 4 aromatic rings. The van der Waals surface area contributed by atoms with Gasteiger partial charge in [-0.15, -0.1) is 0 Å². The summed E-state index contributed by atoms with van der Waals surface area (Å²) >= 11 is 0. The average molecular weight is 324 g/mol. The van der Waals surface area contributed by atoms with E-state index in [4.69, 9.17) is 0 Å². The molecule has 0 aliphatic carbocycles. The summed E-state index contributed by atoms with van der Waals surface area (Å²) in [6, 6.07) is 20.4. The minimum Gasteiger partial charge on any atom is -0.361 e. The number of aromatic nitrogens is 2. The van der Waals surface area contributed by atoms with Crippen molar-refractivity contribution >= 4 is 22.3 Å². The smallest absolute Gasteiger partial charge is 0.103 e. The lowest BCUT2D eigenvalue weighted by Gasteiger charge is -2.16. The Labute approximate surface area is 145 Å². The molecule has 0 aliphatic rings. The maximum atomic E-state index is 9.56. The van der Waals surface area contributed by atoms with Crippen LogP contribution in [-0.2, 0) is 0 Å². The van der Waals surface area contributed by atoms with E-state index in [2.05, 4.69) is 27.4 Å². The first-order valence-electron chi connectivity index (χ1n) is 8.05. The molecule has 4 rings (SSSR count). The van der Waals surface area contributed by atoms with Crippen molar-refractivity contribution in [2.75, 3.05) is 5.32 Å². The zero-order valence-electron chi connectivity index (χ0n) is 13.7. The molecule has 2 aromatic carbocycles. The Morgan fingerprint density at radius 1 is 1.08 bits per heavy atom. The number of hydrogen-bond acceptors (Lipinski definition) is 3. The van der Waals surface area contributed by atoms with E-state index in [1.54, 1.807) is 6.20 Å². The lowest BCUT2D eigenvalue weighted by Crippen LogP contribution is -2.00. The van der Waals surface area contributed by atoms with Gasteiger partial charge in [0.1, 0.15) is 6.07 Å². The first-order chi connectivity index (χ1) is 12.3. The number of anilines is 2. The first kappa shape index (κ1) is 15.0. The van der Waals surface area contributed by atoms with E-state index in [9.17, 15) is 5.26 Å². The minimum atomic E-state index is 0.526. The third-order valence-electron chi connectivity index (χ3n) is 4.27. The van der Waals surface area contributed by atoms with E-state index in [0.717, 1.165) is 39.1 Å². The van der Waals surface area contributed by atoms with Crippen LogP contribution in [0.5, 0.6) is 0 Å². The van der Waals surface area contributed by atoms with Gasteiger partial charge >= 0.3 is 0 Å². The number of rotatable bonds is 3. The molecule has 120 valence electrons. The van der Waals surface area contributed by atoms with Gasteiger partial charge in [0.05, 0.1) is 11.3 Å². The van der Waals surface area contributed by atoms with Crippen LogP contribution in [0.4, 0.5) is 11.4 Å². The normalized spacial score (nSPS) is 10.6. The van der Waals surface area contributed by atoms with Crippen molar-refractivity contribution < 1.29 is 0 Å². The zero-order valence-corrected chi connectivity index (χ0v) is 13.7. The molecule has 0 atom stereocenters. The van der Waals surface area contributed by atoms with Crippen molar-refractivity contribution in [2.45, 2.75) is 6.92 Å². The summed E-state index contributed by atoms with van der Waals surface area (Å²) in [5, 5.41) is 14.1. The van der Waals surface area contributed by atoms with Crippen LogP contribution < -0.4 is 5.32 Å². The lowest BCUT2D eigenvalue weighted by molar-refractivity contribution is 1.19. The number of benzene rings is 2. The van der Waals surface area contributed by atoms with E-state index in [0.29, 0.717) is 5.56 Å². The predicted octanol–water partition coefficient (Wildman–Crippen LogP) is 5.15. The van der Waals surface area contributed by atoms with Gasteiger partial charge in [-0.1, -0.05) is 30.3 Å². The number of aryl methyl sites for hydroxylation is 1. The zero-order chi connectivity index (χ0) is 17.2. The third-order valence-corrected chi connectivity index (χ3v) is 4.27. The number of aromatic amines is 1. The summed E-state index contributed by atoms with van der Waals surface area (Å²) in [5.74, 6) is 0. The molecule has 0 amide bonds. The molecule has 0 radical (unpaired) electrons. The number of nitrogens with one attached hydrogen (secondary N) is 2. The fourth-order valence-corrected chi connectivity index (χ4v) is 3.05. The van der Waals surface area contributed by atoms with Crippen LogP contribution >= 0.6 is 0 Å². The average Bonchev–Trinajstić information content (AvgIpc) is 3.11. The van der Waals surface area contributed by atoms with Gasteiger partial charge in [-0.2, -0.15) is 5.26 Å². The van der Waals surface area contributed by atoms with Gasteiger partial charge in [-0.3, -0.25) is 4.98 Å². The SMILES string of the molecule is Cc1ncc(C#N)c(Nc2ccc3[nH]ccc3c2)c1-c1ccccc1. The van der Waals surface area contributed by atoms with Gasteiger partial charge in [0.15, 0.2) is 0 Å². The van der Waals surface area contributed by atoms with Gasteiger partial charge < -0.3 is 10.3 Å². The molecule has 0 saturated carbocycles. The Bertz CT molecular complexity index is 1090. The molecule has 0 spiro atoms. The molecule has 4 nitrogen and oxygen atoms in total. The number of fused-ring (bicyclic) bond motifs is 1. The Kier molecular flexibility index (Phi) is 3.68. The number of nitriles is 1. The summed E-state index contributed by atoms with van der Waals surface area (Å²) in [6.07, 6.45) is 3.54. The Morgan fingerprint density at radius 2 is 1.92 bits per heavy atom. The number of nitrogens with zero attached hydrogens (tertiary/aromatic N) is 2. The standard InChI is InChI=1S/C21H16N4/c1-14-20(15-5-3-2-4-6-15)21(17(12-22)13-24-14)25-18-7-8-19-16(11-18)9-10-23-19/h2-11,13,23H,1H3,(H,24,25). The lowest BCUT2D eigenvalue weighted by atomic mass is 9.99. The monoisotopic (exact) mass is 324 g/mol. The molecule has 0 saturated heterocycles. The van der Waals surface area contributed by atoms with Crippen molar-refractivity contribution in [2.24, 2.45) is 0 Å². The molecule has 2 N–H and O–H groups in total. The van der Waals surface area contributed by atoms with Crippen LogP contribution in [0.3, 0.4) is 0 Å². The first-order valence-corrected chi connectivity index (χ1v) is 8.05. The van der Waals surface area contributed by atoms with Crippen LogP contribution in [0, 0.1) is 18.3 Å². The molecule has 2 aromatic heterocycles. The number of pyridine rings is 1. The van der Waals surface area contributed by atoms with Crippen molar-refractivity contribution in [1.82, 2.24) is 9.97 Å². The molecule has 0 aliphatic heterocycles. The van der Waals surface area contributed by atoms with Crippen molar-refractivity contribution in [3.63, 3.8) is 0 Å². The quantitative estimate of drug-likeness (QED) is 0.547. The Morgan fingerprint density at radius 3 is 2.72 bits per heavy atom. The van der Waals surface area contributed by atoms with E-state index in [-0.39, 0.29) is 0 Å². The molecule has 25 heavy (non-hydrogen) atoms. The minimum absolute atomic E-state index is 0.526. The summed E-state index contributed by atoms with van der Waals surface area (Å²) in [5.41, 5.74) is 6.21. The second-order valence-electron chi connectivity index (χ2n) is 5.89. The maximum Gasteiger partial charge on any atom is 0.103 e. The van der Waals surface area contributed by atoms with Gasteiger partial charge in [-0.25, -0.2) is 0 Å². The molecule has 4 heteroatoms. The van der Waals surface area contributed by atoms with Crippen LogP contribution in [0.15, 0.2) is 67.0 Å². The summed E-state index contributed by atoms with van der Waals surface area (Å²) in [4.78, 5) is 7.59.